The fraction of sp³-hybridized carbons (Fsp3) is 0.688. The Morgan fingerprint density at radius 1 is 1.48 bits per heavy atom. The minimum absolute atomic E-state index is 0.0453. The summed E-state index contributed by atoms with van der Waals surface area (Å²) >= 11 is 1.36. The van der Waals surface area contributed by atoms with E-state index in [0.29, 0.717) is 37.1 Å². The molecule has 1 saturated heterocycles. The quantitative estimate of drug-likeness (QED) is 0.742. The lowest BCUT2D eigenvalue weighted by molar-refractivity contribution is -0.122. The van der Waals surface area contributed by atoms with Gasteiger partial charge in [0.15, 0.2) is 5.69 Å². The normalized spacial score (nSPS) is 16.8. The lowest BCUT2D eigenvalue weighted by Crippen LogP contribution is -2.33. The van der Waals surface area contributed by atoms with Gasteiger partial charge >= 0.3 is 5.97 Å². The predicted molar refractivity (Wildman–Crippen MR) is 89.3 cm³/mol. The average Bonchev–Trinajstić information content (AvgIpc) is 3.03. The SMILES string of the molecule is CCOC(=O)c1csc(CNC(=O)CC(C)C2CCNCC2)n1. The van der Waals surface area contributed by atoms with Gasteiger partial charge in [-0.2, -0.15) is 0 Å². The van der Waals surface area contributed by atoms with E-state index in [0.717, 1.165) is 30.9 Å². The molecule has 2 N–H and O–H groups in total. The maximum atomic E-state index is 12.1. The van der Waals surface area contributed by atoms with Crippen LogP contribution in [0.2, 0.25) is 0 Å². The van der Waals surface area contributed by atoms with Crippen LogP contribution in [0.15, 0.2) is 5.38 Å². The number of carbonyl (C=O) groups is 2. The van der Waals surface area contributed by atoms with Crippen LogP contribution in [0.5, 0.6) is 0 Å². The van der Waals surface area contributed by atoms with Crippen LogP contribution in [0.4, 0.5) is 0 Å². The van der Waals surface area contributed by atoms with Gasteiger partial charge in [0.1, 0.15) is 5.01 Å². The van der Waals surface area contributed by atoms with Crippen molar-refractivity contribution in [2.24, 2.45) is 11.8 Å². The van der Waals surface area contributed by atoms with Gasteiger partial charge in [0.05, 0.1) is 13.2 Å². The number of amides is 1. The standard InChI is InChI=1S/C16H25N3O3S/c1-3-22-16(21)13-10-23-15(19-13)9-18-14(20)8-11(2)12-4-6-17-7-5-12/h10-12,17H,3-9H2,1-2H3,(H,18,20). The molecular weight excluding hydrogens is 314 g/mol. The number of aromatic nitrogens is 1. The number of carbonyl (C=O) groups excluding carboxylic acids is 2. The molecule has 7 heteroatoms. The van der Waals surface area contributed by atoms with Crippen LogP contribution >= 0.6 is 11.3 Å². The molecule has 1 aliphatic heterocycles. The Morgan fingerprint density at radius 2 is 2.22 bits per heavy atom. The van der Waals surface area contributed by atoms with E-state index in [1.807, 2.05) is 0 Å². The summed E-state index contributed by atoms with van der Waals surface area (Å²) < 4.78 is 4.90. The molecule has 6 nitrogen and oxygen atoms in total. The van der Waals surface area contributed by atoms with E-state index in [9.17, 15) is 9.59 Å². The van der Waals surface area contributed by atoms with Gasteiger partial charge in [-0.1, -0.05) is 6.92 Å². The van der Waals surface area contributed by atoms with E-state index < -0.39 is 5.97 Å². The highest BCUT2D eigenvalue weighted by atomic mass is 32.1. The maximum absolute atomic E-state index is 12.1. The van der Waals surface area contributed by atoms with E-state index in [1.54, 1.807) is 12.3 Å². The monoisotopic (exact) mass is 339 g/mol. The molecule has 1 amide bonds. The summed E-state index contributed by atoms with van der Waals surface area (Å²) in [4.78, 5) is 27.8. The number of nitrogens with one attached hydrogen (secondary N) is 2. The summed E-state index contributed by atoms with van der Waals surface area (Å²) in [5, 5.41) is 8.62. The van der Waals surface area contributed by atoms with Gasteiger partial charge in [0, 0.05) is 11.8 Å². The van der Waals surface area contributed by atoms with E-state index in [1.165, 1.54) is 11.3 Å². The molecule has 128 valence electrons. The second-order valence-electron chi connectivity index (χ2n) is 5.89. The number of piperidine rings is 1. The van der Waals surface area contributed by atoms with Gasteiger partial charge in [-0.25, -0.2) is 9.78 Å². The minimum atomic E-state index is -0.416. The van der Waals surface area contributed by atoms with Crippen molar-refractivity contribution >= 4 is 23.2 Å². The number of hydrogen-bond acceptors (Lipinski definition) is 6. The number of nitrogens with zero attached hydrogens (tertiary/aromatic N) is 1. The number of thiazole rings is 1. The first-order valence-electron chi connectivity index (χ1n) is 8.19. The molecule has 1 unspecified atom stereocenters. The van der Waals surface area contributed by atoms with Crippen LogP contribution in [0.25, 0.3) is 0 Å². The second-order valence-corrected chi connectivity index (χ2v) is 6.84. The third kappa shape index (κ3) is 5.58. The highest BCUT2D eigenvalue weighted by Crippen LogP contribution is 2.24. The summed E-state index contributed by atoms with van der Waals surface area (Å²) in [5.74, 6) is 0.644. The predicted octanol–water partition coefficient (Wildman–Crippen LogP) is 1.96. The zero-order valence-corrected chi connectivity index (χ0v) is 14.6. The molecule has 0 radical (unpaired) electrons. The first-order chi connectivity index (χ1) is 11.1. The summed E-state index contributed by atoms with van der Waals surface area (Å²) in [7, 11) is 0. The second kappa shape index (κ2) is 8.98. The average molecular weight is 339 g/mol. The van der Waals surface area contributed by atoms with E-state index >= 15 is 0 Å². The van der Waals surface area contributed by atoms with Gasteiger partial charge < -0.3 is 15.4 Å². The molecule has 23 heavy (non-hydrogen) atoms. The van der Waals surface area contributed by atoms with Crippen molar-refractivity contribution in [3.05, 3.63) is 16.1 Å². The lowest BCUT2D eigenvalue weighted by Gasteiger charge is -2.27. The molecular formula is C16H25N3O3S. The fourth-order valence-electron chi connectivity index (χ4n) is 2.81. The van der Waals surface area contributed by atoms with Gasteiger partial charge in [-0.05, 0) is 44.7 Å². The fourth-order valence-corrected chi connectivity index (χ4v) is 3.51. The molecule has 0 aliphatic carbocycles. The number of ether oxygens (including phenoxy) is 1. The molecule has 1 atom stereocenters. The smallest absolute Gasteiger partial charge is 0.357 e. The van der Waals surface area contributed by atoms with Crippen LogP contribution in [0.3, 0.4) is 0 Å². The van der Waals surface area contributed by atoms with Gasteiger partial charge in [-0.3, -0.25) is 4.79 Å². The van der Waals surface area contributed by atoms with Gasteiger partial charge in [0.2, 0.25) is 5.91 Å². The van der Waals surface area contributed by atoms with Crippen LogP contribution in [-0.2, 0) is 16.1 Å². The van der Waals surface area contributed by atoms with E-state index in [-0.39, 0.29) is 5.91 Å². The molecule has 0 saturated carbocycles. The Hall–Kier alpha value is -1.47. The molecule has 2 heterocycles. The third-order valence-corrected chi connectivity index (χ3v) is 5.02. The Labute approximate surface area is 141 Å². The molecule has 0 aromatic carbocycles. The van der Waals surface area contributed by atoms with E-state index in [2.05, 4.69) is 22.5 Å². The Balaban J connectivity index is 1.74. The molecule has 0 bridgehead atoms. The van der Waals surface area contributed by atoms with Crippen molar-refractivity contribution in [1.82, 2.24) is 15.6 Å². The van der Waals surface area contributed by atoms with Crippen molar-refractivity contribution < 1.29 is 14.3 Å². The summed E-state index contributed by atoms with van der Waals surface area (Å²) in [6.45, 7) is 6.70. The number of esters is 1. The Morgan fingerprint density at radius 3 is 2.91 bits per heavy atom. The lowest BCUT2D eigenvalue weighted by atomic mass is 9.84. The van der Waals surface area contributed by atoms with E-state index in [4.69, 9.17) is 4.74 Å². The first-order valence-corrected chi connectivity index (χ1v) is 9.07. The number of rotatable bonds is 7. The highest BCUT2D eigenvalue weighted by molar-refractivity contribution is 7.09. The molecule has 2 rings (SSSR count). The van der Waals surface area contributed by atoms with Gasteiger partial charge in [-0.15, -0.1) is 11.3 Å². The van der Waals surface area contributed by atoms with Gasteiger partial charge in [0.25, 0.3) is 0 Å². The van der Waals surface area contributed by atoms with Crippen molar-refractivity contribution in [2.75, 3.05) is 19.7 Å². The summed E-state index contributed by atoms with van der Waals surface area (Å²) in [6.07, 6.45) is 2.83. The summed E-state index contributed by atoms with van der Waals surface area (Å²) in [6, 6.07) is 0. The summed E-state index contributed by atoms with van der Waals surface area (Å²) in [5.41, 5.74) is 0.309. The Kier molecular flexibility index (Phi) is 6.98. The molecule has 0 spiro atoms. The zero-order chi connectivity index (χ0) is 16.7. The molecule has 1 aromatic heterocycles. The highest BCUT2D eigenvalue weighted by Gasteiger charge is 2.22. The maximum Gasteiger partial charge on any atom is 0.357 e. The van der Waals surface area contributed by atoms with Crippen molar-refractivity contribution in [3.8, 4) is 0 Å². The van der Waals surface area contributed by atoms with Crippen molar-refractivity contribution in [1.29, 1.82) is 0 Å². The Bertz CT molecular complexity index is 526. The molecule has 1 aliphatic rings. The molecule has 1 fully saturated rings. The number of hydrogen-bond donors (Lipinski definition) is 2. The third-order valence-electron chi connectivity index (χ3n) is 4.17. The van der Waals surface area contributed by atoms with Crippen molar-refractivity contribution in [3.63, 3.8) is 0 Å². The van der Waals surface area contributed by atoms with Crippen LogP contribution in [0.1, 0.15) is 48.6 Å². The van der Waals surface area contributed by atoms with Crippen LogP contribution < -0.4 is 10.6 Å². The zero-order valence-electron chi connectivity index (χ0n) is 13.8. The molecule has 1 aromatic rings. The van der Waals surface area contributed by atoms with Crippen molar-refractivity contribution in [2.45, 2.75) is 39.7 Å². The minimum Gasteiger partial charge on any atom is -0.461 e. The van der Waals surface area contributed by atoms with Crippen LogP contribution in [-0.4, -0.2) is 36.6 Å². The first kappa shape index (κ1) is 17.9. The largest absolute Gasteiger partial charge is 0.461 e. The topological polar surface area (TPSA) is 80.3 Å². The van der Waals surface area contributed by atoms with Crippen LogP contribution in [0, 0.1) is 11.8 Å².